The van der Waals surface area contributed by atoms with E-state index >= 15 is 0 Å². The van der Waals surface area contributed by atoms with Gasteiger partial charge in [0.1, 0.15) is 0 Å². The molecule has 0 radical (unpaired) electrons. The summed E-state index contributed by atoms with van der Waals surface area (Å²) in [5, 5.41) is 2.76. The van der Waals surface area contributed by atoms with E-state index in [4.69, 9.17) is 17.3 Å². The predicted molar refractivity (Wildman–Crippen MR) is 78.4 cm³/mol. The number of nitrogens with one attached hydrogen (secondary N) is 1. The Morgan fingerprint density at radius 3 is 2.79 bits per heavy atom. The zero-order valence-corrected chi connectivity index (χ0v) is 12.2. The Hall–Kier alpha value is -1.40. The molecule has 0 saturated heterocycles. The van der Waals surface area contributed by atoms with Crippen LogP contribution in [0.3, 0.4) is 0 Å². The molecule has 0 aliphatic carbocycles. The SMILES string of the molecule is COC(=O)CSC(C)C(=O)Nc1ccc(Cl)c(N)c1. The van der Waals surface area contributed by atoms with Crippen LogP contribution in [0.5, 0.6) is 0 Å². The molecule has 5 nitrogen and oxygen atoms in total. The lowest BCUT2D eigenvalue weighted by Gasteiger charge is -2.12. The van der Waals surface area contributed by atoms with Gasteiger partial charge in [-0.05, 0) is 25.1 Å². The fraction of sp³-hybridized carbons (Fsp3) is 0.333. The molecule has 0 aliphatic rings. The van der Waals surface area contributed by atoms with Crippen molar-refractivity contribution in [1.82, 2.24) is 0 Å². The monoisotopic (exact) mass is 302 g/mol. The van der Waals surface area contributed by atoms with E-state index in [9.17, 15) is 9.59 Å². The summed E-state index contributed by atoms with van der Waals surface area (Å²) in [7, 11) is 1.31. The fourth-order valence-corrected chi connectivity index (χ4v) is 2.02. The van der Waals surface area contributed by atoms with Crippen LogP contribution in [0.1, 0.15) is 6.92 Å². The standard InChI is InChI=1S/C12H15ClN2O3S/c1-7(19-6-11(16)18-2)12(17)15-8-3-4-9(13)10(14)5-8/h3-5,7H,6,14H2,1-2H3,(H,15,17). The van der Waals surface area contributed by atoms with Crippen molar-refractivity contribution >= 4 is 46.6 Å². The summed E-state index contributed by atoms with van der Waals surface area (Å²) in [6.45, 7) is 1.71. The lowest BCUT2D eigenvalue weighted by Crippen LogP contribution is -2.24. The summed E-state index contributed by atoms with van der Waals surface area (Å²) in [5.74, 6) is -0.440. The van der Waals surface area contributed by atoms with Crippen LogP contribution >= 0.6 is 23.4 Å². The molecule has 7 heteroatoms. The number of ether oxygens (including phenoxy) is 1. The molecule has 0 saturated carbocycles. The summed E-state index contributed by atoms with van der Waals surface area (Å²) in [6, 6.07) is 4.85. The van der Waals surface area contributed by atoms with Gasteiger partial charge in [-0.25, -0.2) is 0 Å². The first-order chi connectivity index (χ1) is 8.93. The van der Waals surface area contributed by atoms with Gasteiger partial charge in [-0.1, -0.05) is 11.6 Å². The number of anilines is 2. The van der Waals surface area contributed by atoms with Crippen molar-refractivity contribution < 1.29 is 14.3 Å². The topological polar surface area (TPSA) is 81.4 Å². The number of hydrogen-bond acceptors (Lipinski definition) is 5. The van der Waals surface area contributed by atoms with Crippen molar-refractivity contribution in [3.05, 3.63) is 23.2 Å². The summed E-state index contributed by atoms with van der Waals surface area (Å²) in [6.07, 6.45) is 0. The molecule has 0 spiro atoms. The number of esters is 1. The van der Waals surface area contributed by atoms with Gasteiger partial charge in [0.2, 0.25) is 5.91 Å². The van der Waals surface area contributed by atoms with E-state index in [0.717, 1.165) is 0 Å². The van der Waals surface area contributed by atoms with Crippen molar-refractivity contribution in [2.75, 3.05) is 23.9 Å². The van der Waals surface area contributed by atoms with Gasteiger partial charge in [-0.15, -0.1) is 11.8 Å². The van der Waals surface area contributed by atoms with Crippen LogP contribution in [0.25, 0.3) is 0 Å². The molecule has 1 aromatic carbocycles. The Bertz CT molecular complexity index is 482. The average molecular weight is 303 g/mol. The lowest BCUT2D eigenvalue weighted by atomic mass is 10.2. The normalized spacial score (nSPS) is 11.7. The molecule has 0 fully saturated rings. The number of benzene rings is 1. The third-order valence-electron chi connectivity index (χ3n) is 2.31. The summed E-state index contributed by atoms with van der Waals surface area (Å²) >= 11 is 6.99. The van der Waals surface area contributed by atoms with Gasteiger partial charge < -0.3 is 15.8 Å². The van der Waals surface area contributed by atoms with E-state index in [1.165, 1.54) is 18.9 Å². The van der Waals surface area contributed by atoms with Crippen molar-refractivity contribution in [1.29, 1.82) is 0 Å². The van der Waals surface area contributed by atoms with Crippen molar-refractivity contribution in [2.24, 2.45) is 0 Å². The van der Waals surface area contributed by atoms with Crippen molar-refractivity contribution in [2.45, 2.75) is 12.2 Å². The van der Waals surface area contributed by atoms with E-state index < -0.39 is 0 Å². The number of methoxy groups -OCH3 is 1. The zero-order valence-electron chi connectivity index (χ0n) is 10.6. The highest BCUT2D eigenvalue weighted by Crippen LogP contribution is 2.23. The number of carbonyl (C=O) groups is 2. The molecule has 19 heavy (non-hydrogen) atoms. The van der Waals surface area contributed by atoms with Crippen molar-refractivity contribution in [3.63, 3.8) is 0 Å². The molecular formula is C12H15ClN2O3S. The van der Waals surface area contributed by atoms with Crippen LogP contribution in [0.2, 0.25) is 5.02 Å². The van der Waals surface area contributed by atoms with E-state index in [0.29, 0.717) is 16.4 Å². The van der Waals surface area contributed by atoms with Crippen LogP contribution in [0.15, 0.2) is 18.2 Å². The number of rotatable bonds is 5. The second-order valence-corrected chi connectivity index (χ2v) is 5.49. The highest BCUT2D eigenvalue weighted by molar-refractivity contribution is 8.01. The summed E-state index contributed by atoms with van der Waals surface area (Å²) in [5.41, 5.74) is 6.60. The second kappa shape index (κ2) is 7.25. The average Bonchev–Trinajstić information content (AvgIpc) is 2.39. The van der Waals surface area contributed by atoms with E-state index in [-0.39, 0.29) is 22.9 Å². The number of thioether (sulfide) groups is 1. The van der Waals surface area contributed by atoms with Crippen LogP contribution < -0.4 is 11.1 Å². The molecule has 0 heterocycles. The molecule has 0 bridgehead atoms. The lowest BCUT2D eigenvalue weighted by molar-refractivity contribution is -0.137. The second-order valence-electron chi connectivity index (χ2n) is 3.75. The largest absolute Gasteiger partial charge is 0.468 e. The minimum atomic E-state index is -0.379. The summed E-state index contributed by atoms with van der Waals surface area (Å²) < 4.78 is 4.50. The maximum absolute atomic E-state index is 11.9. The fourth-order valence-electron chi connectivity index (χ4n) is 1.19. The smallest absolute Gasteiger partial charge is 0.315 e. The quantitative estimate of drug-likeness (QED) is 0.643. The third-order valence-corrected chi connectivity index (χ3v) is 3.77. The number of hydrogen-bond donors (Lipinski definition) is 2. The summed E-state index contributed by atoms with van der Waals surface area (Å²) in [4.78, 5) is 22.8. The van der Waals surface area contributed by atoms with E-state index in [2.05, 4.69) is 10.1 Å². The number of nitrogen functional groups attached to an aromatic ring is 1. The molecule has 0 aliphatic heterocycles. The van der Waals surface area contributed by atoms with Crippen LogP contribution in [0.4, 0.5) is 11.4 Å². The van der Waals surface area contributed by atoms with Gasteiger partial charge in [-0.2, -0.15) is 0 Å². The molecule has 104 valence electrons. The number of nitrogens with two attached hydrogens (primary N) is 1. The molecule has 1 rings (SSSR count). The minimum absolute atomic E-state index is 0.133. The van der Waals surface area contributed by atoms with Crippen LogP contribution in [-0.2, 0) is 14.3 Å². The Morgan fingerprint density at radius 2 is 2.21 bits per heavy atom. The first-order valence-electron chi connectivity index (χ1n) is 5.48. The Kier molecular flexibility index (Phi) is 5.98. The zero-order chi connectivity index (χ0) is 14.4. The minimum Gasteiger partial charge on any atom is -0.468 e. The number of amides is 1. The molecule has 1 atom stereocenters. The van der Waals surface area contributed by atoms with Gasteiger partial charge in [0.15, 0.2) is 0 Å². The number of carbonyl (C=O) groups excluding carboxylic acids is 2. The Labute approximate surface area is 120 Å². The highest BCUT2D eigenvalue weighted by atomic mass is 35.5. The molecule has 1 unspecified atom stereocenters. The van der Waals surface area contributed by atoms with Crippen LogP contribution in [-0.4, -0.2) is 30.0 Å². The van der Waals surface area contributed by atoms with Gasteiger partial charge >= 0.3 is 5.97 Å². The van der Waals surface area contributed by atoms with Crippen molar-refractivity contribution in [3.8, 4) is 0 Å². The molecule has 1 amide bonds. The third kappa shape index (κ3) is 5.00. The van der Waals surface area contributed by atoms with Gasteiger partial charge in [0.25, 0.3) is 0 Å². The molecule has 3 N–H and O–H groups in total. The Balaban J connectivity index is 2.53. The number of halogens is 1. The van der Waals surface area contributed by atoms with E-state index in [1.807, 2.05) is 0 Å². The van der Waals surface area contributed by atoms with Gasteiger partial charge in [0.05, 0.1) is 28.8 Å². The molecule has 0 aromatic heterocycles. The molecule has 1 aromatic rings. The maximum Gasteiger partial charge on any atom is 0.315 e. The highest BCUT2D eigenvalue weighted by Gasteiger charge is 2.15. The van der Waals surface area contributed by atoms with E-state index in [1.54, 1.807) is 25.1 Å². The predicted octanol–water partition coefficient (Wildman–Crippen LogP) is 2.16. The first kappa shape index (κ1) is 15.7. The maximum atomic E-state index is 11.9. The first-order valence-corrected chi connectivity index (χ1v) is 6.91. The Morgan fingerprint density at radius 1 is 1.53 bits per heavy atom. The van der Waals surface area contributed by atoms with Gasteiger partial charge in [0, 0.05) is 5.69 Å². The van der Waals surface area contributed by atoms with Crippen LogP contribution in [0, 0.1) is 0 Å². The van der Waals surface area contributed by atoms with Gasteiger partial charge in [-0.3, -0.25) is 9.59 Å². The molecular weight excluding hydrogens is 288 g/mol.